The van der Waals surface area contributed by atoms with Gasteiger partial charge < -0.3 is 0 Å². The predicted molar refractivity (Wildman–Crippen MR) is 261 cm³/mol. The molecule has 1 aliphatic carbocycles. The highest BCUT2D eigenvalue weighted by Crippen LogP contribution is 2.52. The zero-order valence-corrected chi connectivity index (χ0v) is 34.3. The van der Waals surface area contributed by atoms with Crippen molar-refractivity contribution in [3.63, 3.8) is 0 Å². The van der Waals surface area contributed by atoms with Crippen molar-refractivity contribution in [3.05, 3.63) is 230 Å². The predicted octanol–water partition coefficient (Wildman–Crippen LogP) is 16.9. The van der Waals surface area contributed by atoms with E-state index in [1.165, 1.54) is 121 Å². The van der Waals surface area contributed by atoms with Gasteiger partial charge in [0.2, 0.25) is 0 Å². The van der Waals surface area contributed by atoms with Crippen LogP contribution in [0.4, 0.5) is 0 Å². The second-order valence-electron chi connectivity index (χ2n) is 17.1. The van der Waals surface area contributed by atoms with Gasteiger partial charge in [-0.05, 0) is 133 Å². The Morgan fingerprint density at radius 3 is 1.13 bits per heavy atom. The lowest BCUT2D eigenvalue weighted by Crippen LogP contribution is -2.14. The van der Waals surface area contributed by atoms with Crippen LogP contribution in [-0.2, 0) is 5.41 Å². The molecule has 61 heavy (non-hydrogen) atoms. The molecule has 0 heterocycles. The van der Waals surface area contributed by atoms with Gasteiger partial charge in [-0.25, -0.2) is 0 Å². The summed E-state index contributed by atoms with van der Waals surface area (Å²) in [5.41, 5.74) is 17.9. The summed E-state index contributed by atoms with van der Waals surface area (Å²) in [6, 6.07) is 81.2. The zero-order valence-electron chi connectivity index (χ0n) is 34.3. The second kappa shape index (κ2) is 13.8. The summed E-state index contributed by atoms with van der Waals surface area (Å²) in [5.74, 6) is 0. The Balaban J connectivity index is 1.05. The molecule has 11 aromatic carbocycles. The molecule has 0 N–H and O–H groups in total. The molecule has 0 amide bonds. The molecule has 11 aromatic rings. The topological polar surface area (TPSA) is 0 Å². The minimum Gasteiger partial charge on any atom is -0.0622 e. The Kier molecular flexibility index (Phi) is 7.99. The largest absolute Gasteiger partial charge is 0.0622 e. The molecular formula is C61H42. The lowest BCUT2D eigenvalue weighted by molar-refractivity contribution is 0.660. The maximum Gasteiger partial charge on any atom is 0.0158 e. The fraction of sp³-hybridized carbons (Fsp3) is 0.0492. The van der Waals surface area contributed by atoms with Crippen LogP contribution >= 0.6 is 0 Å². The summed E-state index contributed by atoms with van der Waals surface area (Å²) < 4.78 is 0. The average Bonchev–Trinajstić information content (AvgIpc) is 3.55. The fourth-order valence-corrected chi connectivity index (χ4v) is 10.6. The van der Waals surface area contributed by atoms with Gasteiger partial charge in [-0.1, -0.05) is 220 Å². The minimum atomic E-state index is -0.0295. The fourth-order valence-electron chi connectivity index (χ4n) is 10.6. The maximum absolute atomic E-state index is 2.45. The third kappa shape index (κ3) is 5.46. The summed E-state index contributed by atoms with van der Waals surface area (Å²) in [4.78, 5) is 0. The van der Waals surface area contributed by atoms with Crippen LogP contribution in [0, 0.1) is 0 Å². The summed E-state index contributed by atoms with van der Waals surface area (Å²) in [6.07, 6.45) is 0. The van der Waals surface area contributed by atoms with Gasteiger partial charge >= 0.3 is 0 Å². The molecule has 0 unspecified atom stereocenters. The van der Waals surface area contributed by atoms with Crippen molar-refractivity contribution in [1.82, 2.24) is 0 Å². The number of rotatable bonds is 5. The van der Waals surface area contributed by atoms with E-state index in [2.05, 4.69) is 232 Å². The van der Waals surface area contributed by atoms with Crippen molar-refractivity contribution in [1.29, 1.82) is 0 Å². The van der Waals surface area contributed by atoms with E-state index in [-0.39, 0.29) is 5.41 Å². The molecule has 0 spiro atoms. The van der Waals surface area contributed by atoms with E-state index in [0.29, 0.717) is 0 Å². The molecule has 1 aliphatic rings. The molecule has 0 bridgehead atoms. The Labute approximate surface area is 357 Å². The van der Waals surface area contributed by atoms with Crippen LogP contribution in [0.2, 0.25) is 0 Å². The molecule has 0 aromatic heterocycles. The molecule has 0 heteroatoms. The van der Waals surface area contributed by atoms with Crippen LogP contribution in [0.1, 0.15) is 25.0 Å². The number of hydrogen-bond donors (Lipinski definition) is 0. The van der Waals surface area contributed by atoms with Gasteiger partial charge in [0.05, 0.1) is 0 Å². The molecule has 0 atom stereocenters. The molecule has 0 fully saturated rings. The summed E-state index contributed by atoms with van der Waals surface area (Å²) in [5, 5.41) is 10.1. The normalized spacial score (nSPS) is 12.9. The summed E-state index contributed by atoms with van der Waals surface area (Å²) in [6.45, 7) is 4.71. The SMILES string of the molecule is CC1(C)c2ccccc2-c2cc(-c3c4ccccc4c(-c4ccc(-c5c6ccccc6c(-c6ccccc6)c6cc(-c7ccccc7)ccc56)cc4)c4ccccc34)ccc21. The number of benzene rings is 11. The first-order chi connectivity index (χ1) is 30.0. The first kappa shape index (κ1) is 35.4. The molecule has 12 rings (SSSR count). The number of hydrogen-bond acceptors (Lipinski definition) is 0. The molecule has 0 saturated carbocycles. The van der Waals surface area contributed by atoms with E-state index in [1.807, 2.05) is 0 Å². The van der Waals surface area contributed by atoms with Gasteiger partial charge in [0.1, 0.15) is 0 Å². The Hall–Kier alpha value is -7.54. The first-order valence-electron chi connectivity index (χ1n) is 21.4. The van der Waals surface area contributed by atoms with E-state index < -0.39 is 0 Å². The van der Waals surface area contributed by atoms with Crippen molar-refractivity contribution in [2.45, 2.75) is 19.3 Å². The summed E-state index contributed by atoms with van der Waals surface area (Å²) in [7, 11) is 0. The highest BCUT2D eigenvalue weighted by molar-refractivity contribution is 6.23. The smallest absolute Gasteiger partial charge is 0.0158 e. The van der Waals surface area contributed by atoms with Crippen LogP contribution < -0.4 is 0 Å². The van der Waals surface area contributed by atoms with Gasteiger partial charge in [0.15, 0.2) is 0 Å². The minimum absolute atomic E-state index is 0.0295. The van der Waals surface area contributed by atoms with Crippen molar-refractivity contribution in [2.75, 3.05) is 0 Å². The Morgan fingerprint density at radius 2 is 0.590 bits per heavy atom. The van der Waals surface area contributed by atoms with Gasteiger partial charge in [-0.15, -0.1) is 0 Å². The van der Waals surface area contributed by atoms with Gasteiger partial charge in [-0.3, -0.25) is 0 Å². The second-order valence-corrected chi connectivity index (χ2v) is 17.1. The van der Waals surface area contributed by atoms with Crippen LogP contribution in [0.5, 0.6) is 0 Å². The van der Waals surface area contributed by atoms with E-state index in [9.17, 15) is 0 Å². The molecular weight excluding hydrogens is 733 g/mol. The third-order valence-corrected chi connectivity index (χ3v) is 13.5. The van der Waals surface area contributed by atoms with Gasteiger partial charge in [0.25, 0.3) is 0 Å². The van der Waals surface area contributed by atoms with E-state index in [1.54, 1.807) is 0 Å². The monoisotopic (exact) mass is 774 g/mol. The van der Waals surface area contributed by atoms with Gasteiger partial charge in [0, 0.05) is 5.41 Å². The molecule has 0 aliphatic heterocycles. The quantitative estimate of drug-likeness (QED) is 0.153. The van der Waals surface area contributed by atoms with Crippen molar-refractivity contribution in [3.8, 4) is 66.8 Å². The third-order valence-electron chi connectivity index (χ3n) is 13.5. The molecule has 0 nitrogen and oxygen atoms in total. The number of fused-ring (bicyclic) bond motifs is 7. The Morgan fingerprint density at radius 1 is 0.230 bits per heavy atom. The lowest BCUT2D eigenvalue weighted by Gasteiger charge is -2.22. The van der Waals surface area contributed by atoms with Crippen LogP contribution in [0.3, 0.4) is 0 Å². The highest BCUT2D eigenvalue weighted by Gasteiger charge is 2.35. The first-order valence-corrected chi connectivity index (χ1v) is 21.4. The molecule has 0 saturated heterocycles. The van der Waals surface area contributed by atoms with Crippen molar-refractivity contribution < 1.29 is 0 Å². The highest BCUT2D eigenvalue weighted by atomic mass is 14.4. The van der Waals surface area contributed by atoms with Crippen LogP contribution in [0.25, 0.3) is 110 Å². The van der Waals surface area contributed by atoms with E-state index in [0.717, 1.165) is 0 Å². The lowest BCUT2D eigenvalue weighted by atomic mass is 9.81. The van der Waals surface area contributed by atoms with E-state index >= 15 is 0 Å². The molecule has 0 radical (unpaired) electrons. The van der Waals surface area contributed by atoms with Crippen molar-refractivity contribution in [2.24, 2.45) is 0 Å². The Bertz CT molecular complexity index is 3460. The average molecular weight is 775 g/mol. The molecule has 286 valence electrons. The summed E-state index contributed by atoms with van der Waals surface area (Å²) >= 11 is 0. The van der Waals surface area contributed by atoms with Crippen LogP contribution in [-0.4, -0.2) is 0 Å². The van der Waals surface area contributed by atoms with Crippen molar-refractivity contribution >= 4 is 43.1 Å². The van der Waals surface area contributed by atoms with E-state index in [4.69, 9.17) is 0 Å². The standard InChI is InChI=1S/C61H42/c1-61(2)55-28-16-15-21-45(55)53-38-44(34-36-56(53)61)60-50-26-13-10-23-47(50)57(48-24-11-14-27-51(48)60)41-29-31-42(32-30-41)58-46-22-9-12-25-49(46)59(40-19-7-4-8-20-40)54-37-43(33-35-52(54)58)39-17-5-3-6-18-39/h3-38H,1-2H3. The zero-order chi connectivity index (χ0) is 40.7. The maximum atomic E-state index is 2.45. The van der Waals surface area contributed by atoms with Crippen LogP contribution in [0.15, 0.2) is 218 Å². The van der Waals surface area contributed by atoms with Gasteiger partial charge in [-0.2, -0.15) is 0 Å².